The third kappa shape index (κ3) is 6.10. The third-order valence-electron chi connectivity index (χ3n) is 4.51. The number of nitrogens with zero attached hydrogens (tertiary/aromatic N) is 2. The summed E-state index contributed by atoms with van der Waals surface area (Å²) in [5.41, 5.74) is 1.34. The first kappa shape index (κ1) is 23.8. The van der Waals surface area contributed by atoms with Gasteiger partial charge in [-0.1, -0.05) is 18.2 Å². The molecule has 1 aromatic heterocycles. The molecule has 0 aliphatic rings. The molecule has 3 aromatic rings. The lowest BCUT2D eigenvalue weighted by Gasteiger charge is -2.16. The summed E-state index contributed by atoms with van der Waals surface area (Å²) in [7, 11) is -1.22. The van der Waals surface area contributed by atoms with Gasteiger partial charge in [-0.2, -0.15) is 9.97 Å². The fourth-order valence-corrected chi connectivity index (χ4v) is 3.73. The summed E-state index contributed by atoms with van der Waals surface area (Å²) in [6, 6.07) is 14.3. The van der Waals surface area contributed by atoms with E-state index in [2.05, 4.69) is 20.0 Å². The zero-order valence-electron chi connectivity index (χ0n) is 18.5. The van der Waals surface area contributed by atoms with E-state index in [1.807, 2.05) is 25.1 Å². The van der Waals surface area contributed by atoms with Crippen LogP contribution in [0.1, 0.15) is 12.5 Å². The van der Waals surface area contributed by atoms with Crippen LogP contribution in [-0.2, 0) is 14.8 Å². The monoisotopic (exact) mass is 472 g/mol. The number of carbonyl (C=O) groups excluding carboxylic acids is 1. The van der Waals surface area contributed by atoms with Gasteiger partial charge in [0, 0.05) is 11.8 Å². The third-order valence-corrected chi connectivity index (χ3v) is 5.88. The molecule has 3 rings (SSSR count). The Morgan fingerprint density at radius 2 is 1.70 bits per heavy atom. The van der Waals surface area contributed by atoms with Crippen molar-refractivity contribution in [1.29, 1.82) is 0 Å². The normalized spacial score (nSPS) is 11.9. The number of sulfonamides is 1. The van der Waals surface area contributed by atoms with Crippen LogP contribution >= 0.6 is 0 Å². The quantitative estimate of drug-likeness (QED) is 0.486. The van der Waals surface area contributed by atoms with Gasteiger partial charge in [-0.3, -0.25) is 9.52 Å². The molecule has 33 heavy (non-hydrogen) atoms. The van der Waals surface area contributed by atoms with Crippen molar-refractivity contribution in [2.24, 2.45) is 0 Å². The van der Waals surface area contributed by atoms with E-state index < -0.39 is 16.1 Å². The van der Waals surface area contributed by atoms with Gasteiger partial charge in [-0.25, -0.2) is 8.42 Å². The van der Waals surface area contributed by atoms with Gasteiger partial charge in [0.25, 0.3) is 15.9 Å². The Kier molecular flexibility index (Phi) is 7.34. The highest BCUT2D eigenvalue weighted by atomic mass is 32.2. The van der Waals surface area contributed by atoms with Crippen molar-refractivity contribution >= 4 is 27.4 Å². The number of nitrogens with one attached hydrogen (secondary N) is 2. The number of carbonyl (C=O) groups is 1. The van der Waals surface area contributed by atoms with Crippen LogP contribution in [0.15, 0.2) is 59.5 Å². The number of anilines is 2. The number of amides is 1. The molecular formula is C22H24N4O6S. The minimum Gasteiger partial charge on any atom is -0.481 e. The largest absolute Gasteiger partial charge is 0.481 e. The van der Waals surface area contributed by atoms with Crippen molar-refractivity contribution in [2.45, 2.75) is 24.8 Å². The predicted octanol–water partition coefficient (Wildman–Crippen LogP) is 3.01. The second kappa shape index (κ2) is 10.2. The topological polar surface area (TPSA) is 129 Å². The molecule has 0 fully saturated rings. The van der Waals surface area contributed by atoms with E-state index in [4.69, 9.17) is 14.2 Å². The molecule has 1 heterocycles. The van der Waals surface area contributed by atoms with E-state index in [1.54, 1.807) is 13.0 Å². The number of ether oxygens (including phenoxy) is 3. The fourth-order valence-electron chi connectivity index (χ4n) is 2.74. The Bertz CT molecular complexity index is 1210. The van der Waals surface area contributed by atoms with Gasteiger partial charge in [-0.15, -0.1) is 0 Å². The summed E-state index contributed by atoms with van der Waals surface area (Å²) in [5, 5.41) is 2.71. The number of para-hydroxylation sites is 1. The number of benzene rings is 2. The number of aromatic nitrogens is 2. The standard InChI is InChI=1S/C22H24N4O6S/c1-14-7-5-6-8-18(14)32-15(2)21(27)23-16-9-11-17(12-10-16)33(28,29)26-19-13-20(30-3)25-22(24-19)31-4/h5-13,15H,1-4H3,(H,23,27)(H,24,25,26). The van der Waals surface area contributed by atoms with Gasteiger partial charge in [0.05, 0.1) is 19.1 Å². The zero-order valence-corrected chi connectivity index (χ0v) is 19.3. The molecular weight excluding hydrogens is 448 g/mol. The van der Waals surface area contributed by atoms with Crippen LogP contribution in [0.5, 0.6) is 17.6 Å². The molecule has 2 N–H and O–H groups in total. The number of hydrogen-bond acceptors (Lipinski definition) is 8. The lowest BCUT2D eigenvalue weighted by Crippen LogP contribution is -2.30. The summed E-state index contributed by atoms with van der Waals surface area (Å²) >= 11 is 0. The van der Waals surface area contributed by atoms with E-state index in [0.29, 0.717) is 11.4 Å². The van der Waals surface area contributed by atoms with Crippen LogP contribution < -0.4 is 24.2 Å². The summed E-state index contributed by atoms with van der Waals surface area (Å²) in [5.74, 6) is 0.371. The molecule has 0 aliphatic heterocycles. The number of rotatable bonds is 9. The van der Waals surface area contributed by atoms with Crippen LogP contribution in [0.4, 0.5) is 11.5 Å². The van der Waals surface area contributed by atoms with Crippen LogP contribution in [0.2, 0.25) is 0 Å². The summed E-state index contributed by atoms with van der Waals surface area (Å²) < 4.78 is 43.5. The molecule has 1 unspecified atom stereocenters. The van der Waals surface area contributed by atoms with Crippen LogP contribution in [0.3, 0.4) is 0 Å². The lowest BCUT2D eigenvalue weighted by molar-refractivity contribution is -0.122. The first-order valence-electron chi connectivity index (χ1n) is 9.85. The van der Waals surface area contributed by atoms with E-state index in [1.165, 1.54) is 44.6 Å². The lowest BCUT2D eigenvalue weighted by atomic mass is 10.2. The fraction of sp³-hybridized carbons (Fsp3) is 0.227. The molecule has 1 amide bonds. The molecule has 0 aliphatic carbocycles. The first-order chi connectivity index (χ1) is 15.7. The molecule has 2 aromatic carbocycles. The summed E-state index contributed by atoms with van der Waals surface area (Å²) in [6.45, 7) is 3.52. The van der Waals surface area contributed by atoms with Gasteiger partial charge in [0.1, 0.15) is 5.75 Å². The highest BCUT2D eigenvalue weighted by Crippen LogP contribution is 2.22. The number of hydrogen-bond donors (Lipinski definition) is 2. The Hall–Kier alpha value is -3.86. The van der Waals surface area contributed by atoms with Crippen molar-refractivity contribution in [3.63, 3.8) is 0 Å². The highest BCUT2D eigenvalue weighted by molar-refractivity contribution is 7.92. The SMILES string of the molecule is COc1cc(NS(=O)(=O)c2ccc(NC(=O)C(C)Oc3ccccc3C)cc2)nc(OC)n1. The second-order valence-corrected chi connectivity index (χ2v) is 8.61. The van der Waals surface area contributed by atoms with Crippen LogP contribution in [-0.4, -0.2) is 44.6 Å². The minimum atomic E-state index is -3.96. The Balaban J connectivity index is 1.67. The highest BCUT2D eigenvalue weighted by Gasteiger charge is 2.19. The van der Waals surface area contributed by atoms with E-state index in [0.717, 1.165) is 5.56 Å². The van der Waals surface area contributed by atoms with Gasteiger partial charge >= 0.3 is 6.01 Å². The summed E-state index contributed by atoms with van der Waals surface area (Å²) in [6.07, 6.45) is -0.751. The van der Waals surface area contributed by atoms with Crippen molar-refractivity contribution in [3.05, 3.63) is 60.2 Å². The Labute approximate surface area is 192 Å². The molecule has 10 nitrogen and oxygen atoms in total. The van der Waals surface area contributed by atoms with Gasteiger partial charge < -0.3 is 19.5 Å². The number of aryl methyl sites for hydroxylation is 1. The molecule has 0 saturated heterocycles. The van der Waals surface area contributed by atoms with Crippen molar-refractivity contribution in [3.8, 4) is 17.6 Å². The maximum absolute atomic E-state index is 12.7. The van der Waals surface area contributed by atoms with E-state index >= 15 is 0 Å². The maximum Gasteiger partial charge on any atom is 0.321 e. The maximum atomic E-state index is 12.7. The van der Waals surface area contributed by atoms with Crippen molar-refractivity contribution in [1.82, 2.24) is 9.97 Å². The average molecular weight is 473 g/mol. The van der Waals surface area contributed by atoms with E-state index in [9.17, 15) is 13.2 Å². The Morgan fingerprint density at radius 3 is 2.33 bits per heavy atom. The van der Waals surface area contributed by atoms with Crippen molar-refractivity contribution < 1.29 is 27.4 Å². The van der Waals surface area contributed by atoms with Crippen molar-refractivity contribution in [2.75, 3.05) is 24.3 Å². The zero-order chi connectivity index (χ0) is 24.0. The van der Waals surface area contributed by atoms with Gasteiger partial charge in [0.15, 0.2) is 11.9 Å². The second-order valence-electron chi connectivity index (χ2n) is 6.93. The minimum absolute atomic E-state index is 0.0155. The van der Waals surface area contributed by atoms with E-state index in [-0.39, 0.29) is 28.5 Å². The molecule has 0 radical (unpaired) electrons. The molecule has 1 atom stereocenters. The van der Waals surface area contributed by atoms with Crippen LogP contribution in [0.25, 0.3) is 0 Å². The molecule has 11 heteroatoms. The Morgan fingerprint density at radius 1 is 1.00 bits per heavy atom. The molecule has 0 spiro atoms. The molecule has 0 bridgehead atoms. The van der Waals surface area contributed by atoms with Gasteiger partial charge in [0.2, 0.25) is 5.88 Å². The first-order valence-corrected chi connectivity index (χ1v) is 11.3. The summed E-state index contributed by atoms with van der Waals surface area (Å²) in [4.78, 5) is 20.3. The predicted molar refractivity (Wildman–Crippen MR) is 122 cm³/mol. The average Bonchev–Trinajstić information content (AvgIpc) is 2.80. The van der Waals surface area contributed by atoms with Gasteiger partial charge in [-0.05, 0) is 49.7 Å². The van der Waals surface area contributed by atoms with Crippen LogP contribution in [0, 0.1) is 6.92 Å². The number of methoxy groups -OCH3 is 2. The molecule has 174 valence electrons. The smallest absolute Gasteiger partial charge is 0.321 e. The molecule has 0 saturated carbocycles.